The first-order valence-electron chi connectivity index (χ1n) is 22.3. The number of phosphoric acid groups is 1. The highest BCUT2D eigenvalue weighted by atomic mass is 31.2. The molecule has 4 N–H and O–H groups in total. The standard InChI is InChI=1S/C41H67N8O14P/c1-6-7-8-9-10-11-12-13-14-15-16-17-18-19-20-22-47(41(53)62-31-28(25-56-2)61-37(33(31)57-3)48-23-21-29(50)44-40(48)52)24-27-32(63-64(54,55)59-5)34(58-4)38(60-27)49-26-43-30-35(49)45-39(42)46-36(30)51/h21,23,26-28,31-34,37-38H,6-20,22,24-25H2,1-5H3,(H,54,55)(H,44,50,52)(H3,42,45,46,51)/p-1/t27-,28-,31?,32?,33?,34+,37-,38-/m1/s1. The van der Waals surface area contributed by atoms with Gasteiger partial charge in [0.05, 0.1) is 19.5 Å². The number of unbranched alkanes of at least 4 members (excludes halogenated alkanes) is 14. The van der Waals surface area contributed by atoms with E-state index in [4.69, 9.17) is 38.7 Å². The molecular formula is C41H66N8O14P-. The summed E-state index contributed by atoms with van der Waals surface area (Å²) >= 11 is 0. The lowest BCUT2D eigenvalue weighted by atomic mass is 10.0. The van der Waals surface area contributed by atoms with Crippen LogP contribution in [0.15, 0.2) is 33.0 Å². The first kappa shape index (κ1) is 51.0. The van der Waals surface area contributed by atoms with Gasteiger partial charge in [0.1, 0.15) is 30.5 Å². The van der Waals surface area contributed by atoms with Crippen LogP contribution >= 0.6 is 7.82 Å². The van der Waals surface area contributed by atoms with E-state index in [0.29, 0.717) is 6.42 Å². The number of aromatic amines is 2. The monoisotopic (exact) mass is 925 g/mol. The second-order valence-corrected chi connectivity index (χ2v) is 17.7. The van der Waals surface area contributed by atoms with Gasteiger partial charge < -0.3 is 53.0 Å². The highest BCUT2D eigenvalue weighted by Crippen LogP contribution is 2.46. The lowest BCUT2D eigenvalue weighted by Crippen LogP contribution is -2.48. The number of nitrogens with one attached hydrogen (secondary N) is 2. The van der Waals surface area contributed by atoms with Gasteiger partial charge >= 0.3 is 11.8 Å². The lowest BCUT2D eigenvalue weighted by molar-refractivity contribution is -0.231. The molecule has 2 aliphatic heterocycles. The molecule has 3 aromatic rings. The molecule has 22 nitrogen and oxygen atoms in total. The van der Waals surface area contributed by atoms with E-state index in [9.17, 15) is 28.6 Å². The summed E-state index contributed by atoms with van der Waals surface area (Å²) in [5.41, 5.74) is 3.86. The molecule has 360 valence electrons. The number of carbonyl (C=O) groups excluding carboxylic acids is 1. The number of hydrogen-bond donors (Lipinski definition) is 3. The Hall–Kier alpha value is -3.99. The summed E-state index contributed by atoms with van der Waals surface area (Å²) in [5, 5.41) is 0. The van der Waals surface area contributed by atoms with E-state index < -0.39 is 79.8 Å². The van der Waals surface area contributed by atoms with Gasteiger partial charge in [-0.2, -0.15) is 4.98 Å². The maximum Gasteiger partial charge on any atom is 0.410 e. The number of fused-ring (bicyclic) bond motifs is 1. The molecule has 5 heterocycles. The minimum absolute atomic E-state index is 0.0333. The first-order valence-corrected chi connectivity index (χ1v) is 23.7. The van der Waals surface area contributed by atoms with Gasteiger partial charge in [0, 0.05) is 47.2 Å². The number of H-pyrrole nitrogens is 2. The molecule has 9 atom stereocenters. The van der Waals surface area contributed by atoms with Crippen molar-refractivity contribution in [1.82, 2.24) is 34.0 Å². The number of nitrogens with two attached hydrogens (primary N) is 1. The van der Waals surface area contributed by atoms with Crippen molar-refractivity contribution >= 4 is 31.0 Å². The van der Waals surface area contributed by atoms with Crippen LogP contribution in [0.3, 0.4) is 0 Å². The second kappa shape index (κ2) is 25.1. The van der Waals surface area contributed by atoms with Gasteiger partial charge in [-0.25, -0.2) is 14.6 Å². The summed E-state index contributed by atoms with van der Waals surface area (Å²) in [6.07, 6.45) is 9.76. The van der Waals surface area contributed by atoms with Crippen molar-refractivity contribution in [3.05, 3.63) is 49.8 Å². The van der Waals surface area contributed by atoms with Crippen molar-refractivity contribution in [3.63, 3.8) is 0 Å². The van der Waals surface area contributed by atoms with Crippen LogP contribution in [0.1, 0.15) is 116 Å². The largest absolute Gasteiger partial charge is 0.756 e. The molecule has 5 rings (SSSR count). The van der Waals surface area contributed by atoms with Gasteiger partial charge in [0.2, 0.25) is 5.95 Å². The van der Waals surface area contributed by atoms with Crippen molar-refractivity contribution in [2.45, 2.75) is 152 Å². The molecule has 3 aromatic heterocycles. The van der Waals surface area contributed by atoms with Crippen molar-refractivity contribution in [3.8, 4) is 0 Å². The molecule has 23 heteroatoms. The Labute approximate surface area is 372 Å². The Morgan fingerprint density at radius 1 is 0.828 bits per heavy atom. The molecule has 2 saturated heterocycles. The lowest BCUT2D eigenvalue weighted by Gasteiger charge is -2.32. The molecule has 0 radical (unpaired) electrons. The van der Waals surface area contributed by atoms with Crippen LogP contribution in [0.2, 0.25) is 0 Å². The summed E-state index contributed by atoms with van der Waals surface area (Å²) in [6, 6.07) is 1.15. The quantitative estimate of drug-likeness (QED) is 0.0688. The maximum atomic E-state index is 14.5. The second-order valence-electron chi connectivity index (χ2n) is 16.2. The van der Waals surface area contributed by atoms with Crippen LogP contribution < -0.4 is 27.4 Å². The fourth-order valence-electron chi connectivity index (χ4n) is 8.37. The predicted octanol–water partition coefficient (Wildman–Crippen LogP) is 3.90. The normalized spacial score (nSPS) is 24.3. The Bertz CT molecular complexity index is 2130. The maximum absolute atomic E-state index is 14.5. The Morgan fingerprint density at radius 3 is 1.98 bits per heavy atom. The predicted molar refractivity (Wildman–Crippen MR) is 231 cm³/mol. The van der Waals surface area contributed by atoms with Crippen LogP contribution in [0.4, 0.5) is 10.7 Å². The zero-order chi connectivity index (χ0) is 46.2. The molecule has 0 aliphatic carbocycles. The Balaban J connectivity index is 1.33. The highest BCUT2D eigenvalue weighted by molar-refractivity contribution is 7.45. The van der Waals surface area contributed by atoms with E-state index in [0.717, 1.165) is 43.4 Å². The molecule has 0 spiro atoms. The van der Waals surface area contributed by atoms with Crippen LogP contribution in [-0.2, 0) is 42.0 Å². The van der Waals surface area contributed by atoms with Crippen LogP contribution in [0.5, 0.6) is 0 Å². The van der Waals surface area contributed by atoms with Crippen molar-refractivity contribution in [2.24, 2.45) is 0 Å². The number of nitrogen functional groups attached to an aromatic ring is 1. The van der Waals surface area contributed by atoms with Gasteiger partial charge in [-0.15, -0.1) is 0 Å². The number of methoxy groups -OCH3 is 3. The molecular weight excluding hydrogens is 859 g/mol. The molecule has 64 heavy (non-hydrogen) atoms. The van der Waals surface area contributed by atoms with Crippen LogP contribution in [0, 0.1) is 0 Å². The van der Waals surface area contributed by atoms with E-state index >= 15 is 0 Å². The third-order valence-corrected chi connectivity index (χ3v) is 12.6. The van der Waals surface area contributed by atoms with Crippen LogP contribution in [-0.4, -0.2) is 125 Å². The summed E-state index contributed by atoms with van der Waals surface area (Å²) in [7, 11) is 0.120. The Kier molecular flexibility index (Phi) is 20.0. The number of phosphoric ester groups is 1. The number of carbonyl (C=O) groups is 1. The number of imidazole rings is 1. The number of amides is 1. The minimum atomic E-state index is -4.95. The van der Waals surface area contributed by atoms with Crippen molar-refractivity contribution < 1.29 is 51.7 Å². The Morgan fingerprint density at radius 2 is 1.41 bits per heavy atom. The van der Waals surface area contributed by atoms with Gasteiger partial charge in [-0.3, -0.25) is 33.3 Å². The molecule has 0 aromatic carbocycles. The average Bonchev–Trinajstić information content (AvgIpc) is 3.94. The molecule has 0 bridgehead atoms. The SMILES string of the molecule is CCCCCCCCCCCCCCCCCN(C[C@H]1O[C@@H](n2cnc3c(=O)[nH]c(N)nc32)[C@@H](OC)C1OP(=O)([O-])OC)C(=O)OC1C(OC)[C@H](n2ccc(=O)[nH]c2=O)O[C@@H]1COC. The van der Waals surface area contributed by atoms with E-state index in [1.54, 1.807) is 0 Å². The first-order chi connectivity index (χ1) is 30.9. The summed E-state index contributed by atoms with van der Waals surface area (Å²) in [6.45, 7) is 2.07. The summed E-state index contributed by atoms with van der Waals surface area (Å²) in [5.74, 6) is -0.193. The number of ether oxygens (including phenoxy) is 6. The summed E-state index contributed by atoms with van der Waals surface area (Å²) in [4.78, 5) is 79.1. The summed E-state index contributed by atoms with van der Waals surface area (Å²) < 4.78 is 61.3. The van der Waals surface area contributed by atoms with Crippen molar-refractivity contribution in [1.29, 1.82) is 0 Å². The fourth-order valence-corrected chi connectivity index (χ4v) is 9.01. The van der Waals surface area contributed by atoms with Gasteiger partial charge in [0.15, 0.2) is 29.7 Å². The van der Waals surface area contributed by atoms with E-state index in [1.165, 1.54) is 108 Å². The fraction of sp³-hybridized carbons (Fsp3) is 0.756. The number of anilines is 1. The molecule has 4 unspecified atom stereocenters. The van der Waals surface area contributed by atoms with E-state index in [2.05, 4.69) is 31.4 Å². The van der Waals surface area contributed by atoms with Gasteiger partial charge in [-0.1, -0.05) is 96.8 Å². The number of aromatic nitrogens is 6. The van der Waals surface area contributed by atoms with Gasteiger partial charge in [0.25, 0.3) is 18.9 Å². The number of rotatable bonds is 28. The number of nitrogens with zero attached hydrogens (tertiary/aromatic N) is 5. The molecule has 2 fully saturated rings. The minimum Gasteiger partial charge on any atom is -0.756 e. The van der Waals surface area contributed by atoms with E-state index in [-0.39, 0.29) is 36.8 Å². The third-order valence-electron chi connectivity index (χ3n) is 11.7. The van der Waals surface area contributed by atoms with E-state index in [1.807, 2.05) is 0 Å². The van der Waals surface area contributed by atoms with Crippen LogP contribution in [0.25, 0.3) is 11.2 Å². The molecule has 1 amide bonds. The molecule has 0 saturated carbocycles. The topological polar surface area (TPSA) is 279 Å². The highest BCUT2D eigenvalue weighted by Gasteiger charge is 2.52. The smallest absolute Gasteiger partial charge is 0.410 e. The van der Waals surface area contributed by atoms with Gasteiger partial charge in [-0.05, 0) is 6.42 Å². The number of hydrogen-bond acceptors (Lipinski definition) is 17. The van der Waals surface area contributed by atoms with Crippen molar-refractivity contribution in [2.75, 3.05) is 53.9 Å². The average molecular weight is 926 g/mol. The zero-order valence-corrected chi connectivity index (χ0v) is 38.4. The molecule has 2 aliphatic rings. The zero-order valence-electron chi connectivity index (χ0n) is 37.6. The third kappa shape index (κ3) is 13.5.